The van der Waals surface area contributed by atoms with Crippen molar-refractivity contribution in [2.45, 2.75) is 44.9 Å². The van der Waals surface area contributed by atoms with Gasteiger partial charge in [0.25, 0.3) is 0 Å². The van der Waals surface area contributed by atoms with E-state index in [-0.39, 0.29) is 12.5 Å². The van der Waals surface area contributed by atoms with Gasteiger partial charge in [0.05, 0.1) is 0 Å². The summed E-state index contributed by atoms with van der Waals surface area (Å²) in [6.07, 6.45) is 6.88. The van der Waals surface area contributed by atoms with Gasteiger partial charge in [0.1, 0.15) is 0 Å². The molecule has 1 aliphatic carbocycles. The largest absolute Gasteiger partial charge is 0.396 e. The molecule has 2 nitrogen and oxygen atoms in total. The Bertz CT molecular complexity index is 437. The topological polar surface area (TPSA) is 23.5 Å². The molecule has 1 aliphatic heterocycles. The molecule has 1 unspecified atom stereocenters. The molecule has 0 bridgehead atoms. The molecule has 2 aliphatic rings. The lowest BCUT2D eigenvalue weighted by molar-refractivity contribution is 0.273. The van der Waals surface area contributed by atoms with Crippen LogP contribution in [0.2, 0.25) is 0 Å². The number of hydrogen-bond donors (Lipinski definition) is 1. The van der Waals surface area contributed by atoms with Crippen LogP contribution in [-0.4, -0.2) is 24.8 Å². The highest BCUT2D eigenvalue weighted by atomic mass is 16.3. The van der Waals surface area contributed by atoms with Crippen molar-refractivity contribution in [3.8, 4) is 0 Å². The lowest BCUT2D eigenvalue weighted by atomic mass is 9.98. The number of anilines is 1. The van der Waals surface area contributed by atoms with Crippen molar-refractivity contribution in [3.63, 3.8) is 0 Å². The average Bonchev–Trinajstić information content (AvgIpc) is 3.08. The van der Waals surface area contributed by atoms with Crippen LogP contribution in [-0.2, 0) is 6.42 Å². The second kappa shape index (κ2) is 5.54. The minimum Gasteiger partial charge on any atom is -0.396 e. The predicted molar refractivity (Wildman–Crippen MR) is 79.8 cm³/mol. The number of aliphatic hydroxyl groups excluding tert-OH is 1. The van der Waals surface area contributed by atoms with Crippen molar-refractivity contribution in [1.82, 2.24) is 0 Å². The Balaban J connectivity index is 1.73. The Morgan fingerprint density at radius 3 is 2.84 bits per heavy atom. The molecule has 0 amide bonds. The highest BCUT2D eigenvalue weighted by Crippen LogP contribution is 2.34. The molecular weight excluding hydrogens is 234 g/mol. The third kappa shape index (κ3) is 2.64. The van der Waals surface area contributed by atoms with Crippen LogP contribution in [0.4, 0.5) is 5.69 Å². The second-order valence-electron chi connectivity index (χ2n) is 6.32. The average molecular weight is 259 g/mol. The van der Waals surface area contributed by atoms with Crippen molar-refractivity contribution < 1.29 is 5.11 Å². The molecule has 1 N–H and O–H groups in total. The third-order valence-electron chi connectivity index (χ3n) is 4.89. The summed E-state index contributed by atoms with van der Waals surface area (Å²) in [5, 5.41) is 9.27. The minimum absolute atomic E-state index is 0.241. The molecule has 104 valence electrons. The smallest absolute Gasteiger partial charge is 0.0497 e. The highest BCUT2D eigenvalue weighted by Gasteiger charge is 2.24. The van der Waals surface area contributed by atoms with Crippen LogP contribution in [0.3, 0.4) is 0 Å². The zero-order chi connectivity index (χ0) is 13.2. The van der Waals surface area contributed by atoms with E-state index in [9.17, 15) is 5.11 Å². The molecule has 1 atom stereocenters. The summed E-state index contributed by atoms with van der Waals surface area (Å²) >= 11 is 0. The van der Waals surface area contributed by atoms with Crippen molar-refractivity contribution >= 4 is 5.69 Å². The van der Waals surface area contributed by atoms with E-state index in [2.05, 4.69) is 30.0 Å². The number of benzene rings is 1. The summed E-state index contributed by atoms with van der Waals surface area (Å²) in [4.78, 5) is 2.58. The van der Waals surface area contributed by atoms with Gasteiger partial charge < -0.3 is 10.0 Å². The van der Waals surface area contributed by atoms with Gasteiger partial charge in [-0.3, -0.25) is 0 Å². The van der Waals surface area contributed by atoms with Crippen LogP contribution in [0.1, 0.15) is 49.7 Å². The normalized spacial score (nSPS) is 20.8. The van der Waals surface area contributed by atoms with Gasteiger partial charge in [0, 0.05) is 31.3 Å². The van der Waals surface area contributed by atoms with Crippen molar-refractivity contribution in [2.24, 2.45) is 5.92 Å². The summed E-state index contributed by atoms with van der Waals surface area (Å²) in [6, 6.07) is 6.79. The zero-order valence-corrected chi connectivity index (χ0v) is 11.9. The minimum atomic E-state index is 0.241. The second-order valence-corrected chi connectivity index (χ2v) is 6.32. The zero-order valence-electron chi connectivity index (χ0n) is 11.9. The van der Waals surface area contributed by atoms with E-state index in [1.54, 1.807) is 0 Å². The predicted octanol–water partition coefficient (Wildman–Crippen LogP) is 3.34. The van der Waals surface area contributed by atoms with Crippen molar-refractivity contribution in [2.75, 3.05) is 24.6 Å². The first-order valence-electron chi connectivity index (χ1n) is 7.76. The van der Waals surface area contributed by atoms with Gasteiger partial charge in [0.15, 0.2) is 0 Å². The molecule has 0 saturated heterocycles. The van der Waals surface area contributed by atoms with Gasteiger partial charge in [-0.15, -0.1) is 0 Å². The van der Waals surface area contributed by atoms with E-state index in [0.717, 1.165) is 5.92 Å². The van der Waals surface area contributed by atoms with E-state index in [1.165, 1.54) is 62.0 Å². The Hall–Kier alpha value is -1.02. The summed E-state index contributed by atoms with van der Waals surface area (Å²) in [7, 11) is 0. The molecule has 1 aromatic rings. The summed E-state index contributed by atoms with van der Waals surface area (Å²) in [6.45, 7) is 4.77. The van der Waals surface area contributed by atoms with Gasteiger partial charge in [0.2, 0.25) is 0 Å². The Morgan fingerprint density at radius 1 is 1.32 bits per heavy atom. The number of aliphatic hydroxyl groups is 1. The van der Waals surface area contributed by atoms with Crippen LogP contribution in [0, 0.1) is 5.92 Å². The SMILES string of the molecule is CC(CO)c1ccc2c(c1)CCN2CC1CCCC1. The molecular formula is C17H25NO. The molecule has 3 rings (SSSR count). The Labute approximate surface area is 116 Å². The van der Waals surface area contributed by atoms with E-state index in [0.29, 0.717) is 0 Å². The van der Waals surface area contributed by atoms with E-state index >= 15 is 0 Å². The maximum Gasteiger partial charge on any atom is 0.0497 e. The number of rotatable bonds is 4. The number of hydrogen-bond acceptors (Lipinski definition) is 2. The fourth-order valence-corrected chi connectivity index (χ4v) is 3.60. The van der Waals surface area contributed by atoms with Crippen LogP contribution >= 0.6 is 0 Å². The third-order valence-corrected chi connectivity index (χ3v) is 4.89. The van der Waals surface area contributed by atoms with Gasteiger partial charge >= 0.3 is 0 Å². The number of nitrogens with zero attached hydrogens (tertiary/aromatic N) is 1. The van der Waals surface area contributed by atoms with Crippen molar-refractivity contribution in [3.05, 3.63) is 29.3 Å². The van der Waals surface area contributed by atoms with Crippen LogP contribution in [0.15, 0.2) is 18.2 Å². The first kappa shape index (κ1) is 13.0. The molecule has 19 heavy (non-hydrogen) atoms. The van der Waals surface area contributed by atoms with E-state index in [4.69, 9.17) is 0 Å². The van der Waals surface area contributed by atoms with Crippen LogP contribution in [0.25, 0.3) is 0 Å². The lowest BCUT2D eigenvalue weighted by Crippen LogP contribution is -2.26. The Kier molecular flexibility index (Phi) is 3.79. The fraction of sp³-hybridized carbons (Fsp3) is 0.647. The van der Waals surface area contributed by atoms with Gasteiger partial charge in [-0.05, 0) is 42.4 Å². The molecule has 0 aromatic heterocycles. The standard InChI is InChI=1S/C17H25NO/c1-13(12-19)15-6-7-17-16(10-15)8-9-18(17)11-14-4-2-3-5-14/h6-7,10,13-14,19H,2-5,8-9,11-12H2,1H3. The maximum atomic E-state index is 9.27. The quantitative estimate of drug-likeness (QED) is 0.896. The molecule has 2 heteroatoms. The molecule has 1 saturated carbocycles. The molecule has 0 spiro atoms. The van der Waals surface area contributed by atoms with Crippen molar-refractivity contribution in [1.29, 1.82) is 0 Å². The molecule has 1 aromatic carbocycles. The molecule has 0 radical (unpaired) electrons. The summed E-state index contributed by atoms with van der Waals surface area (Å²) in [5.41, 5.74) is 4.21. The first-order chi connectivity index (χ1) is 9.28. The van der Waals surface area contributed by atoms with Crippen LogP contribution in [0.5, 0.6) is 0 Å². The number of fused-ring (bicyclic) bond motifs is 1. The van der Waals surface area contributed by atoms with Gasteiger partial charge in [-0.25, -0.2) is 0 Å². The summed E-state index contributed by atoms with van der Waals surface area (Å²) in [5.74, 6) is 1.18. The van der Waals surface area contributed by atoms with Crippen LogP contribution < -0.4 is 4.90 Å². The summed E-state index contributed by atoms with van der Waals surface area (Å²) < 4.78 is 0. The monoisotopic (exact) mass is 259 g/mol. The molecule has 1 fully saturated rings. The highest BCUT2D eigenvalue weighted by molar-refractivity contribution is 5.59. The Morgan fingerprint density at radius 2 is 2.11 bits per heavy atom. The fourth-order valence-electron chi connectivity index (χ4n) is 3.60. The van der Waals surface area contributed by atoms with E-state index in [1.807, 2.05) is 0 Å². The van der Waals surface area contributed by atoms with E-state index < -0.39 is 0 Å². The lowest BCUT2D eigenvalue weighted by Gasteiger charge is -2.23. The maximum absolute atomic E-state index is 9.27. The van der Waals surface area contributed by atoms with Gasteiger partial charge in [-0.2, -0.15) is 0 Å². The molecule has 1 heterocycles. The first-order valence-corrected chi connectivity index (χ1v) is 7.76. The van der Waals surface area contributed by atoms with Gasteiger partial charge in [-0.1, -0.05) is 31.9 Å².